The molecule has 0 N–H and O–H groups in total. The molecule has 1 aromatic rings. The van der Waals surface area contributed by atoms with Crippen molar-refractivity contribution in [2.45, 2.75) is 30.0 Å². The van der Waals surface area contributed by atoms with Crippen LogP contribution in [0.15, 0.2) is 29.2 Å². The van der Waals surface area contributed by atoms with Crippen LogP contribution in [0, 0.1) is 5.92 Å². The van der Waals surface area contributed by atoms with Crippen molar-refractivity contribution in [3.05, 3.63) is 29.8 Å². The highest BCUT2D eigenvalue weighted by Crippen LogP contribution is 2.38. The second-order valence-electron chi connectivity index (χ2n) is 5.92. The lowest BCUT2D eigenvalue weighted by atomic mass is 9.96. The summed E-state index contributed by atoms with van der Waals surface area (Å²) in [5, 5.41) is 0. The fourth-order valence-electron chi connectivity index (χ4n) is 2.84. The predicted octanol–water partition coefficient (Wildman–Crippen LogP) is 2.67. The summed E-state index contributed by atoms with van der Waals surface area (Å²) in [4.78, 5) is 21.1. The van der Waals surface area contributed by atoms with Gasteiger partial charge in [-0.25, -0.2) is 8.42 Å². The van der Waals surface area contributed by atoms with E-state index in [0.717, 1.165) is 6.07 Å². The van der Waals surface area contributed by atoms with Gasteiger partial charge in [0.25, 0.3) is 0 Å². The SMILES string of the molecule is O=Cc1ccccc1S(=O)(=O)CC1CCN(C(=O)C(F)(F)F)C(F)(F)C1. The van der Waals surface area contributed by atoms with Crippen molar-refractivity contribution in [3.63, 3.8) is 0 Å². The summed E-state index contributed by atoms with van der Waals surface area (Å²) in [5.74, 6) is -4.58. The van der Waals surface area contributed by atoms with E-state index < -0.39 is 57.5 Å². The summed E-state index contributed by atoms with van der Waals surface area (Å²) in [6.07, 6.45) is -6.67. The average molecular weight is 399 g/mol. The Labute approximate surface area is 145 Å². The molecule has 0 aromatic heterocycles. The van der Waals surface area contributed by atoms with Crippen LogP contribution in [-0.4, -0.2) is 50.0 Å². The summed E-state index contributed by atoms with van der Waals surface area (Å²) in [6.45, 7) is -0.916. The number of alkyl halides is 5. The maximum absolute atomic E-state index is 14.0. The molecule has 0 bridgehead atoms. The number of aldehydes is 1. The maximum atomic E-state index is 14.0. The molecule has 2 rings (SSSR count). The molecule has 1 heterocycles. The minimum atomic E-state index is -5.44. The highest BCUT2D eigenvalue weighted by atomic mass is 32.2. The van der Waals surface area contributed by atoms with Gasteiger partial charge < -0.3 is 0 Å². The number of likely N-dealkylation sites (tertiary alicyclic amines) is 1. The van der Waals surface area contributed by atoms with Gasteiger partial charge in [0.15, 0.2) is 16.1 Å². The molecule has 1 aromatic carbocycles. The van der Waals surface area contributed by atoms with Gasteiger partial charge in [-0.15, -0.1) is 0 Å². The highest BCUT2D eigenvalue weighted by Gasteiger charge is 2.54. The second-order valence-corrected chi connectivity index (χ2v) is 7.92. The molecular weight excluding hydrogens is 385 g/mol. The topological polar surface area (TPSA) is 71.5 Å². The third-order valence-electron chi connectivity index (χ3n) is 4.01. The lowest BCUT2D eigenvalue weighted by Crippen LogP contribution is -2.55. The minimum absolute atomic E-state index is 0.135. The molecule has 0 radical (unpaired) electrons. The molecule has 11 heteroatoms. The van der Waals surface area contributed by atoms with Crippen LogP contribution in [-0.2, 0) is 14.6 Å². The summed E-state index contributed by atoms with van der Waals surface area (Å²) in [6, 6.07) is 1.07. The number of hydrogen-bond acceptors (Lipinski definition) is 4. The largest absolute Gasteiger partial charge is 0.471 e. The molecule has 1 amide bonds. The Bertz CT molecular complexity index is 806. The summed E-state index contributed by atoms with van der Waals surface area (Å²) >= 11 is 0. The van der Waals surface area contributed by atoms with Gasteiger partial charge in [-0.3, -0.25) is 14.5 Å². The Morgan fingerprint density at radius 2 is 1.88 bits per heavy atom. The number of amides is 1. The molecule has 144 valence electrons. The van der Waals surface area contributed by atoms with Crippen LogP contribution >= 0.6 is 0 Å². The first-order valence-corrected chi connectivity index (χ1v) is 9.07. The van der Waals surface area contributed by atoms with E-state index in [-0.39, 0.29) is 16.9 Å². The zero-order valence-corrected chi connectivity index (χ0v) is 14.0. The van der Waals surface area contributed by atoms with Crippen molar-refractivity contribution >= 4 is 22.0 Å². The molecule has 0 saturated carbocycles. The van der Waals surface area contributed by atoms with Crippen LogP contribution < -0.4 is 0 Å². The lowest BCUT2D eigenvalue weighted by Gasteiger charge is -2.39. The number of rotatable bonds is 4. The number of halogens is 5. The van der Waals surface area contributed by atoms with E-state index in [4.69, 9.17) is 0 Å². The zero-order chi connectivity index (χ0) is 19.8. The molecule has 5 nitrogen and oxygen atoms in total. The molecular formula is C15H14F5NO4S. The van der Waals surface area contributed by atoms with E-state index in [1.54, 1.807) is 0 Å². The fraction of sp³-hybridized carbons (Fsp3) is 0.467. The van der Waals surface area contributed by atoms with Crippen molar-refractivity contribution in [1.82, 2.24) is 4.90 Å². The molecule has 0 spiro atoms. The van der Waals surface area contributed by atoms with E-state index in [0.29, 0.717) is 6.29 Å². The Kier molecular flexibility index (Phi) is 5.41. The van der Waals surface area contributed by atoms with E-state index >= 15 is 0 Å². The van der Waals surface area contributed by atoms with Crippen molar-refractivity contribution in [1.29, 1.82) is 0 Å². The first kappa shape index (κ1) is 20.3. The Balaban J connectivity index is 2.18. The van der Waals surface area contributed by atoms with Crippen LogP contribution in [0.25, 0.3) is 0 Å². The first-order valence-electron chi connectivity index (χ1n) is 7.42. The monoisotopic (exact) mass is 399 g/mol. The Morgan fingerprint density at radius 3 is 2.42 bits per heavy atom. The van der Waals surface area contributed by atoms with Crippen LogP contribution in [0.3, 0.4) is 0 Å². The summed E-state index contributed by atoms with van der Waals surface area (Å²) < 4.78 is 89.9. The third-order valence-corrected chi connectivity index (χ3v) is 5.97. The third kappa shape index (κ3) is 4.19. The average Bonchev–Trinajstić information content (AvgIpc) is 2.52. The van der Waals surface area contributed by atoms with E-state index in [2.05, 4.69) is 0 Å². The smallest absolute Gasteiger partial charge is 0.298 e. The minimum Gasteiger partial charge on any atom is -0.298 e. The molecule has 1 aliphatic rings. The number of sulfone groups is 1. The molecule has 26 heavy (non-hydrogen) atoms. The van der Waals surface area contributed by atoms with E-state index in [9.17, 15) is 40.0 Å². The van der Waals surface area contributed by atoms with Crippen LogP contribution in [0.1, 0.15) is 23.2 Å². The molecule has 1 aliphatic heterocycles. The normalized spacial score (nSPS) is 20.7. The van der Waals surface area contributed by atoms with Crippen LogP contribution in [0.2, 0.25) is 0 Å². The van der Waals surface area contributed by atoms with Gasteiger partial charge in [0.1, 0.15) is 0 Å². The maximum Gasteiger partial charge on any atom is 0.471 e. The van der Waals surface area contributed by atoms with Crippen molar-refractivity contribution in [2.75, 3.05) is 12.3 Å². The molecule has 1 fully saturated rings. The van der Waals surface area contributed by atoms with Gasteiger partial charge >= 0.3 is 18.1 Å². The zero-order valence-electron chi connectivity index (χ0n) is 13.2. The van der Waals surface area contributed by atoms with Gasteiger partial charge in [-0.05, 0) is 18.4 Å². The predicted molar refractivity (Wildman–Crippen MR) is 79.3 cm³/mol. The molecule has 0 aliphatic carbocycles. The van der Waals surface area contributed by atoms with E-state index in [1.165, 1.54) is 18.2 Å². The van der Waals surface area contributed by atoms with Gasteiger partial charge in [0.2, 0.25) is 0 Å². The number of hydrogen-bond donors (Lipinski definition) is 0. The van der Waals surface area contributed by atoms with E-state index in [1.807, 2.05) is 0 Å². The number of carbonyl (C=O) groups is 2. The lowest BCUT2D eigenvalue weighted by molar-refractivity contribution is -0.227. The Morgan fingerprint density at radius 1 is 1.27 bits per heavy atom. The van der Waals surface area contributed by atoms with Crippen molar-refractivity contribution in [3.8, 4) is 0 Å². The van der Waals surface area contributed by atoms with Gasteiger partial charge in [0.05, 0.1) is 10.6 Å². The Hall–Kier alpha value is -2.04. The number of carbonyl (C=O) groups excluding carboxylic acids is 2. The standard InChI is InChI=1S/C15H14F5NO4S/c16-14(17)7-10(5-6-21(14)13(23)15(18,19)20)9-26(24,25)12-4-2-1-3-11(12)8-22/h1-4,8,10H,5-7,9H2. The molecule has 1 atom stereocenters. The summed E-state index contributed by atoms with van der Waals surface area (Å²) in [7, 11) is -4.11. The van der Waals surface area contributed by atoms with Gasteiger partial charge in [-0.1, -0.05) is 18.2 Å². The highest BCUT2D eigenvalue weighted by molar-refractivity contribution is 7.91. The molecule has 1 saturated heterocycles. The van der Waals surface area contributed by atoms with Gasteiger partial charge in [0, 0.05) is 18.5 Å². The summed E-state index contributed by atoms with van der Waals surface area (Å²) in [5.41, 5.74) is -0.135. The number of nitrogens with zero attached hydrogens (tertiary/aromatic N) is 1. The first-order chi connectivity index (χ1) is 11.9. The van der Waals surface area contributed by atoms with Gasteiger partial charge in [-0.2, -0.15) is 22.0 Å². The number of benzene rings is 1. The quantitative estimate of drug-likeness (QED) is 0.443. The van der Waals surface area contributed by atoms with Crippen LogP contribution in [0.4, 0.5) is 22.0 Å². The molecule has 1 unspecified atom stereocenters. The second kappa shape index (κ2) is 6.93. The number of piperidine rings is 1. The van der Waals surface area contributed by atoms with Crippen LogP contribution in [0.5, 0.6) is 0 Å². The van der Waals surface area contributed by atoms with Crippen molar-refractivity contribution < 1.29 is 40.0 Å². The van der Waals surface area contributed by atoms with Crippen molar-refractivity contribution in [2.24, 2.45) is 5.92 Å². The fourth-order valence-corrected chi connectivity index (χ4v) is 4.69.